The van der Waals surface area contributed by atoms with Gasteiger partial charge in [0.05, 0.1) is 19.9 Å². The van der Waals surface area contributed by atoms with Gasteiger partial charge in [-0.25, -0.2) is 0 Å². The van der Waals surface area contributed by atoms with E-state index in [9.17, 15) is 14.4 Å². The number of anilines is 2. The predicted molar refractivity (Wildman–Crippen MR) is 158 cm³/mol. The zero-order valence-corrected chi connectivity index (χ0v) is 23.7. The molecule has 0 fully saturated rings. The number of aromatic nitrogens is 1. The third-order valence-corrected chi connectivity index (χ3v) is 7.40. The minimum atomic E-state index is -1.17. The number of benzene rings is 3. The number of aryl methyl sites for hydroxylation is 1. The fourth-order valence-corrected chi connectivity index (χ4v) is 5.21. The van der Waals surface area contributed by atoms with E-state index in [4.69, 9.17) is 20.9 Å². The quantitative estimate of drug-likeness (QED) is 0.244. The first kappa shape index (κ1) is 29.1. The van der Waals surface area contributed by atoms with Crippen molar-refractivity contribution in [1.82, 2.24) is 9.69 Å². The molecule has 1 atom stereocenters. The second kappa shape index (κ2) is 13.0. The van der Waals surface area contributed by atoms with Crippen LogP contribution in [0.15, 0.2) is 72.8 Å². The van der Waals surface area contributed by atoms with Gasteiger partial charge in [0.2, 0.25) is 5.91 Å². The molecule has 212 valence electrons. The molecular weight excluding hydrogens is 542 g/mol. The number of amides is 3. The van der Waals surface area contributed by atoms with Crippen LogP contribution in [-0.2, 0) is 17.8 Å². The van der Waals surface area contributed by atoms with E-state index in [0.717, 1.165) is 22.7 Å². The van der Waals surface area contributed by atoms with Crippen LogP contribution in [0.5, 0.6) is 11.5 Å². The Morgan fingerprint density at radius 1 is 0.976 bits per heavy atom. The summed E-state index contributed by atoms with van der Waals surface area (Å²) in [6, 6.07) is 20.6. The number of hydrogen-bond donors (Lipinski definition) is 3. The zero-order valence-electron chi connectivity index (χ0n) is 22.9. The Kier molecular flexibility index (Phi) is 9.20. The van der Waals surface area contributed by atoms with Gasteiger partial charge in [0.15, 0.2) is 17.2 Å². The maximum atomic E-state index is 14.4. The summed E-state index contributed by atoms with van der Waals surface area (Å²) in [6.45, 7) is 2.18. The highest BCUT2D eigenvalue weighted by Gasteiger charge is 2.37. The standard InChI is InChI=1S/C30H31N5O5S/c1-4-19-12-8-9-13-21(19)35(30(38)27-24(31)25(28(32)36)34-41-27)26(20-14-15-22(39-2)23(16-20)40-3)29(37)33-17-18-10-6-5-7-11-18/h5-16,26H,4,17,31H2,1-3H3,(H2,32,36)(H,33,37)/t26-/m1/s1. The van der Waals surface area contributed by atoms with Crippen LogP contribution in [0, 0.1) is 0 Å². The van der Waals surface area contributed by atoms with E-state index in [1.165, 1.54) is 19.1 Å². The fraction of sp³-hybridized carbons (Fsp3) is 0.200. The van der Waals surface area contributed by atoms with Crippen molar-refractivity contribution in [3.05, 3.63) is 100 Å². The van der Waals surface area contributed by atoms with E-state index >= 15 is 0 Å². The number of carbonyl (C=O) groups is 3. The van der Waals surface area contributed by atoms with E-state index in [1.807, 2.05) is 49.4 Å². The van der Waals surface area contributed by atoms with Gasteiger partial charge >= 0.3 is 0 Å². The Morgan fingerprint density at radius 2 is 1.66 bits per heavy atom. The maximum Gasteiger partial charge on any atom is 0.273 e. The van der Waals surface area contributed by atoms with E-state index < -0.39 is 23.8 Å². The van der Waals surface area contributed by atoms with Gasteiger partial charge in [-0.3, -0.25) is 19.3 Å². The van der Waals surface area contributed by atoms with Crippen molar-refractivity contribution in [2.75, 3.05) is 24.9 Å². The largest absolute Gasteiger partial charge is 0.493 e. The Balaban J connectivity index is 1.91. The third-order valence-electron chi connectivity index (χ3n) is 6.55. The Labute approximate surface area is 242 Å². The summed E-state index contributed by atoms with van der Waals surface area (Å²) in [5.41, 5.74) is 14.0. The molecule has 11 heteroatoms. The van der Waals surface area contributed by atoms with Crippen LogP contribution in [0.3, 0.4) is 0 Å². The van der Waals surface area contributed by atoms with Crippen molar-refractivity contribution in [3.63, 3.8) is 0 Å². The van der Waals surface area contributed by atoms with Gasteiger partial charge in [-0.2, -0.15) is 4.37 Å². The molecule has 10 nitrogen and oxygen atoms in total. The SMILES string of the molecule is CCc1ccccc1N(C(=O)c1snc(C(N)=O)c1N)[C@@H](C(=O)NCc1ccccc1)c1ccc(OC)c(OC)c1. The minimum absolute atomic E-state index is 0.00829. The molecule has 0 aliphatic rings. The van der Waals surface area contributed by atoms with Crippen molar-refractivity contribution < 1.29 is 23.9 Å². The summed E-state index contributed by atoms with van der Waals surface area (Å²) < 4.78 is 14.9. The topological polar surface area (TPSA) is 150 Å². The van der Waals surface area contributed by atoms with Crippen molar-refractivity contribution in [2.24, 2.45) is 5.73 Å². The molecule has 41 heavy (non-hydrogen) atoms. The summed E-state index contributed by atoms with van der Waals surface area (Å²) in [5, 5.41) is 2.97. The van der Waals surface area contributed by atoms with Crippen LogP contribution >= 0.6 is 11.5 Å². The number of methoxy groups -OCH3 is 2. The Morgan fingerprint density at radius 3 is 2.29 bits per heavy atom. The summed E-state index contributed by atoms with van der Waals surface area (Å²) in [4.78, 5) is 41.8. The third kappa shape index (κ3) is 6.15. The summed E-state index contributed by atoms with van der Waals surface area (Å²) in [5.74, 6) is -1.06. The fourth-order valence-electron chi connectivity index (χ4n) is 4.47. The number of primary amides is 1. The number of nitrogens with one attached hydrogen (secondary N) is 1. The van der Waals surface area contributed by atoms with Gasteiger partial charge < -0.3 is 26.3 Å². The first-order valence-electron chi connectivity index (χ1n) is 12.8. The van der Waals surface area contributed by atoms with E-state index in [1.54, 1.807) is 30.3 Å². The van der Waals surface area contributed by atoms with Gasteiger partial charge in [-0.1, -0.05) is 61.5 Å². The first-order chi connectivity index (χ1) is 19.8. The number of rotatable bonds is 11. The Hall–Kier alpha value is -4.90. The lowest BCUT2D eigenvalue weighted by Gasteiger charge is -2.33. The highest BCUT2D eigenvalue weighted by Crippen LogP contribution is 2.38. The lowest BCUT2D eigenvalue weighted by atomic mass is 9.99. The molecule has 1 aromatic heterocycles. The summed E-state index contributed by atoms with van der Waals surface area (Å²) >= 11 is 0.754. The number of nitrogens with zero attached hydrogens (tertiary/aromatic N) is 2. The van der Waals surface area contributed by atoms with Crippen molar-refractivity contribution in [1.29, 1.82) is 0 Å². The maximum absolute atomic E-state index is 14.4. The molecule has 1 heterocycles. The van der Waals surface area contributed by atoms with E-state index in [0.29, 0.717) is 29.2 Å². The van der Waals surface area contributed by atoms with Gasteiger partial charge in [0, 0.05) is 12.2 Å². The molecule has 0 bridgehead atoms. The molecule has 4 aromatic rings. The highest BCUT2D eigenvalue weighted by atomic mass is 32.1. The normalized spacial score (nSPS) is 11.4. The molecule has 4 rings (SSSR count). The lowest BCUT2D eigenvalue weighted by Crippen LogP contribution is -2.44. The first-order valence-corrected chi connectivity index (χ1v) is 13.6. The lowest BCUT2D eigenvalue weighted by molar-refractivity contribution is -0.122. The van der Waals surface area contributed by atoms with Crippen molar-refractivity contribution >= 4 is 40.6 Å². The molecule has 0 saturated carbocycles. The van der Waals surface area contributed by atoms with Gasteiger partial charge in [0.1, 0.15) is 10.9 Å². The number of carbonyl (C=O) groups excluding carboxylic acids is 3. The molecule has 0 saturated heterocycles. The number of para-hydroxylation sites is 1. The second-order valence-electron chi connectivity index (χ2n) is 9.02. The highest BCUT2D eigenvalue weighted by molar-refractivity contribution is 7.09. The van der Waals surface area contributed by atoms with Crippen LogP contribution in [0.1, 0.15) is 49.8 Å². The van der Waals surface area contributed by atoms with Crippen LogP contribution in [0.25, 0.3) is 0 Å². The molecule has 0 aliphatic heterocycles. The average molecular weight is 574 g/mol. The molecule has 3 aromatic carbocycles. The predicted octanol–water partition coefficient (Wildman–Crippen LogP) is 4.11. The number of hydrogen-bond acceptors (Lipinski definition) is 8. The van der Waals surface area contributed by atoms with Crippen LogP contribution in [0.2, 0.25) is 0 Å². The number of ether oxygens (including phenoxy) is 2. The van der Waals surface area contributed by atoms with Gasteiger partial charge in [-0.05, 0) is 52.8 Å². The molecule has 0 spiro atoms. The Bertz CT molecular complexity index is 1560. The smallest absolute Gasteiger partial charge is 0.273 e. The number of nitrogens with two attached hydrogens (primary N) is 2. The van der Waals surface area contributed by atoms with Crippen LogP contribution in [0.4, 0.5) is 11.4 Å². The van der Waals surface area contributed by atoms with Crippen LogP contribution < -0.4 is 31.2 Å². The van der Waals surface area contributed by atoms with Crippen molar-refractivity contribution in [2.45, 2.75) is 25.9 Å². The van der Waals surface area contributed by atoms with Gasteiger partial charge in [0.25, 0.3) is 11.8 Å². The second-order valence-corrected chi connectivity index (χ2v) is 9.79. The number of nitrogen functional groups attached to an aromatic ring is 1. The summed E-state index contributed by atoms with van der Waals surface area (Å²) in [7, 11) is 3.00. The van der Waals surface area contributed by atoms with E-state index in [-0.39, 0.29) is 22.8 Å². The molecule has 0 unspecified atom stereocenters. The zero-order chi connectivity index (χ0) is 29.5. The molecule has 0 radical (unpaired) electrons. The molecule has 0 aliphatic carbocycles. The van der Waals surface area contributed by atoms with Gasteiger partial charge in [-0.15, -0.1) is 0 Å². The monoisotopic (exact) mass is 573 g/mol. The van der Waals surface area contributed by atoms with Crippen LogP contribution in [-0.4, -0.2) is 36.3 Å². The average Bonchev–Trinajstić information content (AvgIpc) is 3.39. The summed E-state index contributed by atoms with van der Waals surface area (Å²) in [6.07, 6.45) is 0.578. The van der Waals surface area contributed by atoms with E-state index in [2.05, 4.69) is 9.69 Å². The molecule has 5 N–H and O–H groups in total. The van der Waals surface area contributed by atoms with Crippen molar-refractivity contribution in [3.8, 4) is 11.5 Å². The minimum Gasteiger partial charge on any atom is -0.493 e. The molecular formula is C30H31N5O5S. The molecule has 3 amide bonds.